The van der Waals surface area contributed by atoms with E-state index in [1.54, 1.807) is 0 Å². The summed E-state index contributed by atoms with van der Waals surface area (Å²) in [5, 5.41) is 0. The molecular formula is C17H17BrO2. The highest BCUT2D eigenvalue weighted by atomic mass is 79.9. The van der Waals surface area contributed by atoms with E-state index in [9.17, 15) is 4.79 Å². The molecule has 0 unspecified atom stereocenters. The van der Waals surface area contributed by atoms with Crippen molar-refractivity contribution in [3.05, 3.63) is 64.1 Å². The van der Waals surface area contributed by atoms with Crippen LogP contribution in [0.5, 0.6) is 5.75 Å². The minimum Gasteiger partial charge on any atom is -0.485 e. The van der Waals surface area contributed by atoms with E-state index in [1.165, 1.54) is 5.56 Å². The zero-order valence-electron chi connectivity index (χ0n) is 11.4. The predicted molar refractivity (Wildman–Crippen MR) is 84.4 cm³/mol. The van der Waals surface area contributed by atoms with Crippen LogP contribution in [-0.4, -0.2) is 12.4 Å². The molecule has 2 aromatic carbocycles. The van der Waals surface area contributed by atoms with E-state index in [-0.39, 0.29) is 12.4 Å². The highest BCUT2D eigenvalue weighted by Gasteiger charge is 2.11. The Morgan fingerprint density at radius 3 is 2.55 bits per heavy atom. The standard InChI is InChI=1S/C17H17BrO2/c1-2-6-13-9-10-15(16(18)11-13)17(19)12-20-14-7-4-3-5-8-14/h3-5,7-11H,2,6,12H2,1H3. The van der Waals surface area contributed by atoms with Crippen LogP contribution in [-0.2, 0) is 6.42 Å². The summed E-state index contributed by atoms with van der Waals surface area (Å²) >= 11 is 3.47. The molecule has 0 radical (unpaired) electrons. The molecule has 0 spiro atoms. The lowest BCUT2D eigenvalue weighted by molar-refractivity contribution is 0.0920. The van der Waals surface area contributed by atoms with Gasteiger partial charge in [-0.2, -0.15) is 0 Å². The molecule has 0 heterocycles. The van der Waals surface area contributed by atoms with Gasteiger partial charge in [0.25, 0.3) is 0 Å². The van der Waals surface area contributed by atoms with Crippen LogP contribution in [0.1, 0.15) is 29.3 Å². The van der Waals surface area contributed by atoms with Crippen molar-refractivity contribution in [2.75, 3.05) is 6.61 Å². The van der Waals surface area contributed by atoms with E-state index in [4.69, 9.17) is 4.74 Å². The number of ether oxygens (including phenoxy) is 1. The lowest BCUT2D eigenvalue weighted by atomic mass is 10.1. The molecule has 0 amide bonds. The average Bonchev–Trinajstić information content (AvgIpc) is 2.46. The highest BCUT2D eigenvalue weighted by Crippen LogP contribution is 2.20. The third-order valence-electron chi connectivity index (χ3n) is 2.99. The summed E-state index contributed by atoms with van der Waals surface area (Å²) in [7, 11) is 0. The van der Waals surface area contributed by atoms with Crippen LogP contribution in [0, 0.1) is 0 Å². The molecule has 0 fully saturated rings. The highest BCUT2D eigenvalue weighted by molar-refractivity contribution is 9.10. The molecule has 0 aliphatic heterocycles. The van der Waals surface area contributed by atoms with E-state index in [1.807, 2.05) is 48.5 Å². The number of hydrogen-bond donors (Lipinski definition) is 0. The Kier molecular flexibility index (Phi) is 5.36. The minimum atomic E-state index is -0.0243. The topological polar surface area (TPSA) is 26.3 Å². The summed E-state index contributed by atoms with van der Waals surface area (Å²) in [6.07, 6.45) is 2.12. The third-order valence-corrected chi connectivity index (χ3v) is 3.64. The number of ketones is 1. The molecule has 0 saturated carbocycles. The van der Waals surface area contributed by atoms with Gasteiger partial charge in [0.05, 0.1) is 0 Å². The first-order valence-corrected chi connectivity index (χ1v) is 7.49. The van der Waals surface area contributed by atoms with Gasteiger partial charge in [0.1, 0.15) is 5.75 Å². The van der Waals surface area contributed by atoms with Gasteiger partial charge in [-0.3, -0.25) is 4.79 Å². The predicted octanol–water partition coefficient (Wildman–Crippen LogP) is 4.66. The van der Waals surface area contributed by atoms with Crippen LogP contribution < -0.4 is 4.74 Å². The summed E-state index contributed by atoms with van der Waals surface area (Å²) in [5.41, 5.74) is 1.90. The van der Waals surface area contributed by atoms with Crippen molar-refractivity contribution in [1.82, 2.24) is 0 Å². The fourth-order valence-electron chi connectivity index (χ4n) is 1.97. The molecule has 0 atom stereocenters. The fraction of sp³-hybridized carbons (Fsp3) is 0.235. The molecule has 2 rings (SSSR count). The minimum absolute atomic E-state index is 0.0243. The van der Waals surface area contributed by atoms with Gasteiger partial charge in [0, 0.05) is 10.0 Å². The Morgan fingerprint density at radius 2 is 1.90 bits per heavy atom. The van der Waals surface area contributed by atoms with Gasteiger partial charge < -0.3 is 4.74 Å². The molecule has 104 valence electrons. The van der Waals surface area contributed by atoms with Crippen molar-refractivity contribution in [3.63, 3.8) is 0 Å². The van der Waals surface area contributed by atoms with Crippen LogP contribution >= 0.6 is 15.9 Å². The Morgan fingerprint density at radius 1 is 1.15 bits per heavy atom. The van der Waals surface area contributed by atoms with E-state index < -0.39 is 0 Å². The quantitative estimate of drug-likeness (QED) is 0.719. The summed E-state index contributed by atoms with van der Waals surface area (Å²) in [4.78, 5) is 12.2. The fourth-order valence-corrected chi connectivity index (χ4v) is 2.62. The van der Waals surface area contributed by atoms with Crippen molar-refractivity contribution in [2.24, 2.45) is 0 Å². The van der Waals surface area contributed by atoms with Gasteiger partial charge in [-0.25, -0.2) is 0 Å². The Labute approximate surface area is 127 Å². The molecule has 0 saturated heterocycles. The van der Waals surface area contributed by atoms with Crippen LogP contribution in [0.2, 0.25) is 0 Å². The normalized spacial score (nSPS) is 10.3. The van der Waals surface area contributed by atoms with Gasteiger partial charge in [-0.15, -0.1) is 0 Å². The number of aryl methyl sites for hydroxylation is 1. The monoisotopic (exact) mass is 332 g/mol. The van der Waals surface area contributed by atoms with Crippen molar-refractivity contribution >= 4 is 21.7 Å². The van der Waals surface area contributed by atoms with Crippen molar-refractivity contribution in [1.29, 1.82) is 0 Å². The zero-order valence-corrected chi connectivity index (χ0v) is 13.0. The summed E-state index contributed by atoms with van der Waals surface area (Å²) < 4.78 is 6.32. The van der Waals surface area contributed by atoms with E-state index in [0.29, 0.717) is 11.3 Å². The molecule has 0 aliphatic rings. The SMILES string of the molecule is CCCc1ccc(C(=O)COc2ccccc2)c(Br)c1. The van der Waals surface area contributed by atoms with Gasteiger partial charge >= 0.3 is 0 Å². The van der Waals surface area contributed by atoms with Crippen LogP contribution in [0.4, 0.5) is 0 Å². The maximum atomic E-state index is 12.2. The smallest absolute Gasteiger partial charge is 0.201 e. The summed E-state index contributed by atoms with van der Waals surface area (Å²) in [6, 6.07) is 15.2. The number of para-hydroxylation sites is 1. The molecule has 0 N–H and O–H groups in total. The molecule has 2 nitrogen and oxygen atoms in total. The molecular weight excluding hydrogens is 316 g/mol. The van der Waals surface area contributed by atoms with E-state index >= 15 is 0 Å². The number of rotatable bonds is 6. The zero-order chi connectivity index (χ0) is 14.4. The van der Waals surface area contributed by atoms with Gasteiger partial charge in [0.15, 0.2) is 6.61 Å². The maximum Gasteiger partial charge on any atom is 0.201 e. The number of halogens is 1. The Hall–Kier alpha value is -1.61. The van der Waals surface area contributed by atoms with Crippen LogP contribution in [0.15, 0.2) is 53.0 Å². The Balaban J connectivity index is 2.02. The van der Waals surface area contributed by atoms with Gasteiger partial charge in [0.2, 0.25) is 5.78 Å². The molecule has 3 heteroatoms. The maximum absolute atomic E-state index is 12.2. The Bertz CT molecular complexity index is 579. The number of benzene rings is 2. The first kappa shape index (κ1) is 14.8. The number of carbonyl (C=O) groups is 1. The van der Waals surface area contributed by atoms with E-state index in [2.05, 4.69) is 22.9 Å². The molecule has 0 aliphatic carbocycles. The van der Waals surface area contributed by atoms with Gasteiger partial charge in [-0.1, -0.05) is 53.5 Å². The second kappa shape index (κ2) is 7.25. The number of Topliss-reactive ketones (excluding diaryl/α,β-unsaturated/α-hetero) is 1. The lowest BCUT2D eigenvalue weighted by Gasteiger charge is -2.08. The lowest BCUT2D eigenvalue weighted by Crippen LogP contribution is -2.12. The van der Waals surface area contributed by atoms with Crippen LogP contribution in [0.3, 0.4) is 0 Å². The summed E-state index contributed by atoms with van der Waals surface area (Å²) in [5.74, 6) is 0.684. The third kappa shape index (κ3) is 3.94. The van der Waals surface area contributed by atoms with Crippen LogP contribution in [0.25, 0.3) is 0 Å². The first-order valence-electron chi connectivity index (χ1n) is 6.70. The second-order valence-electron chi connectivity index (χ2n) is 4.59. The number of hydrogen-bond acceptors (Lipinski definition) is 2. The van der Waals surface area contributed by atoms with E-state index in [0.717, 1.165) is 17.3 Å². The first-order chi connectivity index (χ1) is 9.70. The van der Waals surface area contributed by atoms with Gasteiger partial charge in [-0.05, 0) is 36.2 Å². The molecule has 0 aromatic heterocycles. The second-order valence-corrected chi connectivity index (χ2v) is 5.44. The molecule has 2 aromatic rings. The van der Waals surface area contributed by atoms with Crippen molar-refractivity contribution < 1.29 is 9.53 Å². The average molecular weight is 333 g/mol. The summed E-state index contributed by atoms with van der Waals surface area (Å²) in [6.45, 7) is 2.19. The van der Waals surface area contributed by atoms with Crippen molar-refractivity contribution in [2.45, 2.75) is 19.8 Å². The largest absolute Gasteiger partial charge is 0.485 e. The number of carbonyl (C=O) groups excluding carboxylic acids is 1. The molecule has 0 bridgehead atoms. The van der Waals surface area contributed by atoms with Crippen molar-refractivity contribution in [3.8, 4) is 5.75 Å². The molecule has 20 heavy (non-hydrogen) atoms.